The van der Waals surface area contributed by atoms with Gasteiger partial charge in [-0.2, -0.15) is 5.10 Å². The average molecular weight is 224 g/mol. The summed E-state index contributed by atoms with van der Waals surface area (Å²) < 4.78 is 5.12. The standard InChI is InChI=1S/C10H16N4O2/c1-16-7-8-3-2-6-14(8)13-10(15)9-4-5-11-12-9/h4-5,8H,2-3,6-7H2,1H3,(H,11,12)(H,13,15)/t8-/m1/s1. The fourth-order valence-electron chi connectivity index (χ4n) is 1.92. The fraction of sp³-hybridized carbons (Fsp3) is 0.600. The molecular formula is C10H16N4O2. The summed E-state index contributed by atoms with van der Waals surface area (Å²) in [6.45, 7) is 1.51. The molecule has 1 aromatic rings. The van der Waals surface area contributed by atoms with E-state index in [1.807, 2.05) is 5.01 Å². The second-order valence-electron chi connectivity index (χ2n) is 3.86. The van der Waals surface area contributed by atoms with Crippen molar-refractivity contribution >= 4 is 5.91 Å². The molecular weight excluding hydrogens is 208 g/mol. The van der Waals surface area contributed by atoms with Crippen molar-refractivity contribution < 1.29 is 9.53 Å². The number of hydrazine groups is 1. The molecule has 1 aliphatic rings. The van der Waals surface area contributed by atoms with Crippen LogP contribution in [0.25, 0.3) is 0 Å². The Hall–Kier alpha value is -1.40. The number of carbonyl (C=O) groups excluding carboxylic acids is 1. The molecule has 6 heteroatoms. The third kappa shape index (κ3) is 2.40. The average Bonchev–Trinajstić information content (AvgIpc) is 2.90. The number of H-pyrrole nitrogens is 1. The predicted molar refractivity (Wildman–Crippen MR) is 57.7 cm³/mol. The van der Waals surface area contributed by atoms with Crippen LogP contribution in [0.15, 0.2) is 12.3 Å². The molecule has 0 bridgehead atoms. The molecule has 1 aromatic heterocycles. The Bertz CT molecular complexity index is 339. The Morgan fingerprint density at radius 1 is 1.81 bits per heavy atom. The van der Waals surface area contributed by atoms with Gasteiger partial charge in [-0.1, -0.05) is 0 Å². The normalized spacial score (nSPS) is 21.2. The molecule has 88 valence electrons. The topological polar surface area (TPSA) is 70.2 Å². The zero-order valence-electron chi connectivity index (χ0n) is 9.27. The quantitative estimate of drug-likeness (QED) is 0.764. The lowest BCUT2D eigenvalue weighted by Gasteiger charge is -2.23. The van der Waals surface area contributed by atoms with Gasteiger partial charge in [0.15, 0.2) is 0 Å². The SMILES string of the molecule is COC[C@H]1CCCN1NC(=O)c1ccn[nH]1. The van der Waals surface area contributed by atoms with Crippen LogP contribution in [0.3, 0.4) is 0 Å². The van der Waals surface area contributed by atoms with Crippen LogP contribution >= 0.6 is 0 Å². The van der Waals surface area contributed by atoms with Gasteiger partial charge in [0, 0.05) is 19.9 Å². The minimum absolute atomic E-state index is 0.152. The highest BCUT2D eigenvalue weighted by atomic mass is 16.5. The summed E-state index contributed by atoms with van der Waals surface area (Å²) in [6, 6.07) is 1.92. The molecule has 0 saturated carbocycles. The minimum Gasteiger partial charge on any atom is -0.383 e. The number of methoxy groups -OCH3 is 1. The van der Waals surface area contributed by atoms with E-state index in [1.165, 1.54) is 0 Å². The molecule has 1 fully saturated rings. The van der Waals surface area contributed by atoms with Gasteiger partial charge in [-0.05, 0) is 18.9 Å². The van der Waals surface area contributed by atoms with Crippen molar-refractivity contribution in [3.05, 3.63) is 18.0 Å². The van der Waals surface area contributed by atoms with E-state index in [2.05, 4.69) is 15.6 Å². The number of nitrogens with one attached hydrogen (secondary N) is 2. The third-order valence-electron chi connectivity index (χ3n) is 2.73. The van der Waals surface area contributed by atoms with Crippen molar-refractivity contribution in [3.8, 4) is 0 Å². The Labute approximate surface area is 93.9 Å². The lowest BCUT2D eigenvalue weighted by molar-refractivity contribution is 0.0607. The molecule has 1 aliphatic heterocycles. The van der Waals surface area contributed by atoms with Gasteiger partial charge in [-0.15, -0.1) is 0 Å². The number of nitrogens with zero attached hydrogens (tertiary/aromatic N) is 2. The van der Waals surface area contributed by atoms with Crippen LogP contribution in [-0.2, 0) is 4.74 Å². The zero-order chi connectivity index (χ0) is 11.4. The summed E-state index contributed by atoms with van der Waals surface area (Å²) in [4.78, 5) is 11.7. The maximum absolute atomic E-state index is 11.7. The summed E-state index contributed by atoms with van der Waals surface area (Å²) in [5, 5.41) is 8.32. The molecule has 0 spiro atoms. The van der Waals surface area contributed by atoms with E-state index in [-0.39, 0.29) is 11.9 Å². The van der Waals surface area contributed by atoms with E-state index in [9.17, 15) is 4.79 Å². The van der Waals surface area contributed by atoms with Crippen molar-refractivity contribution in [1.82, 2.24) is 20.6 Å². The summed E-state index contributed by atoms with van der Waals surface area (Å²) in [5.74, 6) is -0.152. The number of amides is 1. The Kier molecular flexibility index (Phi) is 3.53. The van der Waals surface area contributed by atoms with Gasteiger partial charge < -0.3 is 4.74 Å². The smallest absolute Gasteiger partial charge is 0.283 e. The number of aromatic nitrogens is 2. The maximum atomic E-state index is 11.7. The lowest BCUT2D eigenvalue weighted by Crippen LogP contribution is -2.46. The van der Waals surface area contributed by atoms with Crippen LogP contribution in [0.2, 0.25) is 0 Å². The molecule has 0 radical (unpaired) electrons. The predicted octanol–water partition coefficient (Wildman–Crippen LogP) is 0.165. The van der Waals surface area contributed by atoms with Crippen molar-refractivity contribution in [2.45, 2.75) is 18.9 Å². The van der Waals surface area contributed by atoms with Gasteiger partial charge in [0.25, 0.3) is 5.91 Å². The minimum atomic E-state index is -0.152. The van der Waals surface area contributed by atoms with Crippen molar-refractivity contribution in [3.63, 3.8) is 0 Å². The van der Waals surface area contributed by atoms with E-state index < -0.39 is 0 Å². The second kappa shape index (κ2) is 5.09. The van der Waals surface area contributed by atoms with Crippen LogP contribution < -0.4 is 5.43 Å². The first-order valence-corrected chi connectivity index (χ1v) is 5.37. The van der Waals surface area contributed by atoms with E-state index in [0.717, 1.165) is 19.4 Å². The summed E-state index contributed by atoms with van der Waals surface area (Å²) >= 11 is 0. The maximum Gasteiger partial charge on any atom is 0.283 e. The third-order valence-corrected chi connectivity index (χ3v) is 2.73. The number of aromatic amines is 1. The molecule has 0 unspecified atom stereocenters. The Morgan fingerprint density at radius 3 is 3.38 bits per heavy atom. The molecule has 2 rings (SSSR count). The highest BCUT2D eigenvalue weighted by molar-refractivity contribution is 5.91. The number of carbonyl (C=O) groups is 1. The number of hydrogen-bond acceptors (Lipinski definition) is 4. The van der Waals surface area contributed by atoms with E-state index >= 15 is 0 Å². The highest BCUT2D eigenvalue weighted by Gasteiger charge is 2.26. The molecule has 6 nitrogen and oxygen atoms in total. The van der Waals surface area contributed by atoms with E-state index in [1.54, 1.807) is 19.4 Å². The lowest BCUT2D eigenvalue weighted by atomic mass is 10.2. The molecule has 2 heterocycles. The van der Waals surface area contributed by atoms with Crippen LogP contribution in [0, 0.1) is 0 Å². The Balaban J connectivity index is 1.91. The molecule has 0 aliphatic carbocycles. The first kappa shape index (κ1) is 11.1. The molecule has 1 saturated heterocycles. The molecule has 0 aromatic carbocycles. The van der Waals surface area contributed by atoms with Crippen LogP contribution in [0.1, 0.15) is 23.3 Å². The first-order valence-electron chi connectivity index (χ1n) is 5.37. The number of rotatable bonds is 4. The van der Waals surface area contributed by atoms with Crippen molar-refractivity contribution in [1.29, 1.82) is 0 Å². The monoisotopic (exact) mass is 224 g/mol. The molecule has 1 atom stereocenters. The van der Waals surface area contributed by atoms with Gasteiger partial charge in [-0.3, -0.25) is 15.3 Å². The van der Waals surface area contributed by atoms with Gasteiger partial charge in [0.1, 0.15) is 5.69 Å². The van der Waals surface area contributed by atoms with Crippen LogP contribution in [0.4, 0.5) is 0 Å². The van der Waals surface area contributed by atoms with Gasteiger partial charge >= 0.3 is 0 Å². The summed E-state index contributed by atoms with van der Waals surface area (Å²) in [6.07, 6.45) is 3.69. The summed E-state index contributed by atoms with van der Waals surface area (Å²) in [7, 11) is 1.67. The fourth-order valence-corrected chi connectivity index (χ4v) is 1.92. The summed E-state index contributed by atoms with van der Waals surface area (Å²) in [5.41, 5.74) is 3.33. The van der Waals surface area contributed by atoms with Gasteiger partial charge in [0.2, 0.25) is 0 Å². The molecule has 16 heavy (non-hydrogen) atoms. The van der Waals surface area contributed by atoms with Gasteiger partial charge in [-0.25, -0.2) is 5.01 Å². The molecule has 1 amide bonds. The highest BCUT2D eigenvalue weighted by Crippen LogP contribution is 2.14. The van der Waals surface area contributed by atoms with E-state index in [0.29, 0.717) is 12.3 Å². The van der Waals surface area contributed by atoms with Crippen molar-refractivity contribution in [2.75, 3.05) is 20.3 Å². The second-order valence-corrected chi connectivity index (χ2v) is 3.86. The van der Waals surface area contributed by atoms with Crippen molar-refractivity contribution in [2.24, 2.45) is 0 Å². The first-order chi connectivity index (χ1) is 7.81. The zero-order valence-corrected chi connectivity index (χ0v) is 9.27. The number of ether oxygens (including phenoxy) is 1. The Morgan fingerprint density at radius 2 is 2.69 bits per heavy atom. The molecule has 2 N–H and O–H groups in total. The van der Waals surface area contributed by atoms with Crippen LogP contribution in [0.5, 0.6) is 0 Å². The van der Waals surface area contributed by atoms with Gasteiger partial charge in [0.05, 0.1) is 12.6 Å². The number of hydrogen-bond donors (Lipinski definition) is 2. The van der Waals surface area contributed by atoms with Crippen LogP contribution in [-0.4, -0.2) is 47.4 Å². The largest absolute Gasteiger partial charge is 0.383 e. The van der Waals surface area contributed by atoms with E-state index in [4.69, 9.17) is 4.74 Å².